The van der Waals surface area contributed by atoms with Crippen LogP contribution in [0.2, 0.25) is 0 Å². The molecule has 1 unspecified atom stereocenters. The van der Waals surface area contributed by atoms with Crippen LogP contribution in [0.15, 0.2) is 0 Å². The summed E-state index contributed by atoms with van der Waals surface area (Å²) in [6.07, 6.45) is 1.87. The predicted octanol–water partition coefficient (Wildman–Crippen LogP) is 1.60. The van der Waals surface area contributed by atoms with Gasteiger partial charge in [-0.1, -0.05) is 6.92 Å². The van der Waals surface area contributed by atoms with Crippen LogP contribution in [-0.2, 0) is 0 Å². The third-order valence-electron chi connectivity index (χ3n) is 1.17. The van der Waals surface area contributed by atoms with Gasteiger partial charge in [-0.3, -0.25) is 0 Å². The zero-order valence-corrected chi connectivity index (χ0v) is 8.80. The Labute approximate surface area is 81.6 Å². The Morgan fingerprint density at radius 2 is 1.82 bits per heavy atom. The monoisotopic (exact) mass is 203 g/mol. The molecule has 0 aromatic carbocycles. The van der Waals surface area contributed by atoms with Gasteiger partial charge in [-0.15, -0.1) is 24.8 Å². The van der Waals surface area contributed by atoms with Crippen LogP contribution in [0.1, 0.15) is 26.7 Å². The van der Waals surface area contributed by atoms with Gasteiger partial charge in [-0.25, -0.2) is 0 Å². The highest BCUT2D eigenvalue weighted by Crippen LogP contribution is 1.85. The SMILES string of the molecule is CCCNCCC(C)O.Cl.Cl. The molecule has 0 spiro atoms. The number of hydrogen-bond donors (Lipinski definition) is 2. The molecule has 0 fully saturated rings. The molecule has 2 nitrogen and oxygen atoms in total. The molecule has 0 bridgehead atoms. The van der Waals surface area contributed by atoms with E-state index < -0.39 is 0 Å². The van der Waals surface area contributed by atoms with Crippen molar-refractivity contribution in [1.29, 1.82) is 0 Å². The molecule has 0 saturated heterocycles. The summed E-state index contributed by atoms with van der Waals surface area (Å²) in [5.74, 6) is 0. The standard InChI is InChI=1S/C7H17NO.2ClH/c1-3-5-8-6-4-7(2)9;;/h7-9H,3-6H2,1-2H3;2*1H. The highest BCUT2D eigenvalue weighted by molar-refractivity contribution is 5.85. The molecule has 0 rings (SSSR count). The molecule has 11 heavy (non-hydrogen) atoms. The van der Waals surface area contributed by atoms with E-state index in [0.717, 1.165) is 19.5 Å². The minimum atomic E-state index is -0.158. The third-order valence-corrected chi connectivity index (χ3v) is 1.17. The lowest BCUT2D eigenvalue weighted by molar-refractivity contribution is 0.184. The first-order valence-electron chi connectivity index (χ1n) is 3.66. The van der Waals surface area contributed by atoms with Gasteiger partial charge in [-0.05, 0) is 32.9 Å². The molecule has 0 aliphatic rings. The molecule has 0 radical (unpaired) electrons. The van der Waals surface area contributed by atoms with Gasteiger partial charge in [0.2, 0.25) is 0 Å². The van der Waals surface area contributed by atoms with Crippen LogP contribution in [0.4, 0.5) is 0 Å². The number of aliphatic hydroxyl groups is 1. The lowest BCUT2D eigenvalue weighted by Crippen LogP contribution is -2.19. The summed E-state index contributed by atoms with van der Waals surface area (Å²) in [4.78, 5) is 0. The molecule has 0 aliphatic heterocycles. The number of rotatable bonds is 5. The smallest absolute Gasteiger partial charge is 0.0524 e. The number of halogens is 2. The lowest BCUT2D eigenvalue weighted by Gasteiger charge is -2.03. The van der Waals surface area contributed by atoms with E-state index in [9.17, 15) is 0 Å². The summed E-state index contributed by atoms with van der Waals surface area (Å²) in [6.45, 7) is 5.95. The van der Waals surface area contributed by atoms with Gasteiger partial charge < -0.3 is 10.4 Å². The molecule has 72 valence electrons. The van der Waals surface area contributed by atoms with Gasteiger partial charge >= 0.3 is 0 Å². The summed E-state index contributed by atoms with van der Waals surface area (Å²) in [7, 11) is 0. The molecule has 4 heteroatoms. The van der Waals surface area contributed by atoms with E-state index in [1.54, 1.807) is 0 Å². The summed E-state index contributed by atoms with van der Waals surface area (Å²) in [5.41, 5.74) is 0. The first-order chi connectivity index (χ1) is 4.27. The van der Waals surface area contributed by atoms with Crippen molar-refractivity contribution in [2.75, 3.05) is 13.1 Å². The van der Waals surface area contributed by atoms with E-state index in [-0.39, 0.29) is 30.9 Å². The van der Waals surface area contributed by atoms with Crippen LogP contribution in [0.5, 0.6) is 0 Å². The predicted molar refractivity (Wildman–Crippen MR) is 54.0 cm³/mol. The fraction of sp³-hybridized carbons (Fsp3) is 1.00. The topological polar surface area (TPSA) is 32.3 Å². The van der Waals surface area contributed by atoms with E-state index in [4.69, 9.17) is 5.11 Å². The van der Waals surface area contributed by atoms with E-state index in [0.29, 0.717) is 0 Å². The molecule has 0 heterocycles. The molecular weight excluding hydrogens is 185 g/mol. The van der Waals surface area contributed by atoms with Crippen molar-refractivity contribution >= 4 is 24.8 Å². The minimum Gasteiger partial charge on any atom is -0.393 e. The van der Waals surface area contributed by atoms with Crippen molar-refractivity contribution in [3.05, 3.63) is 0 Å². The maximum atomic E-state index is 8.81. The molecule has 2 N–H and O–H groups in total. The van der Waals surface area contributed by atoms with Gasteiger partial charge in [0.25, 0.3) is 0 Å². The average Bonchev–Trinajstić information content (AvgIpc) is 1.80. The minimum absolute atomic E-state index is 0. The third kappa shape index (κ3) is 18.0. The van der Waals surface area contributed by atoms with Crippen molar-refractivity contribution in [2.24, 2.45) is 0 Å². The van der Waals surface area contributed by atoms with Crippen LogP contribution in [0, 0.1) is 0 Å². The molecule has 0 saturated carbocycles. The fourth-order valence-corrected chi connectivity index (χ4v) is 0.613. The fourth-order valence-electron chi connectivity index (χ4n) is 0.613. The van der Waals surface area contributed by atoms with E-state index in [1.807, 2.05) is 6.92 Å². The summed E-state index contributed by atoms with van der Waals surface area (Å²) < 4.78 is 0. The Bertz CT molecular complexity index is 62.4. The molecule has 0 aromatic heterocycles. The Morgan fingerprint density at radius 3 is 2.18 bits per heavy atom. The van der Waals surface area contributed by atoms with Gasteiger partial charge in [0.1, 0.15) is 0 Å². The van der Waals surface area contributed by atoms with Crippen molar-refractivity contribution < 1.29 is 5.11 Å². The first kappa shape index (κ1) is 17.5. The maximum Gasteiger partial charge on any atom is 0.0524 e. The number of nitrogens with one attached hydrogen (secondary N) is 1. The second-order valence-corrected chi connectivity index (χ2v) is 2.39. The van der Waals surface area contributed by atoms with Gasteiger partial charge in [0.05, 0.1) is 6.10 Å². The Morgan fingerprint density at radius 1 is 1.27 bits per heavy atom. The van der Waals surface area contributed by atoms with Crippen LogP contribution < -0.4 is 5.32 Å². The van der Waals surface area contributed by atoms with E-state index >= 15 is 0 Å². The van der Waals surface area contributed by atoms with Crippen LogP contribution in [-0.4, -0.2) is 24.3 Å². The molecule has 0 aromatic rings. The van der Waals surface area contributed by atoms with Crippen LogP contribution in [0.25, 0.3) is 0 Å². The quantitative estimate of drug-likeness (QED) is 0.666. The average molecular weight is 204 g/mol. The Balaban J connectivity index is -0.000000320. The largest absolute Gasteiger partial charge is 0.393 e. The van der Waals surface area contributed by atoms with E-state index in [2.05, 4.69) is 12.2 Å². The number of hydrogen-bond acceptors (Lipinski definition) is 2. The first-order valence-corrected chi connectivity index (χ1v) is 3.66. The molecular formula is C7H19Cl2NO. The number of aliphatic hydroxyl groups excluding tert-OH is 1. The maximum absolute atomic E-state index is 8.81. The zero-order valence-electron chi connectivity index (χ0n) is 7.17. The lowest BCUT2D eigenvalue weighted by atomic mass is 10.3. The molecule has 0 aliphatic carbocycles. The summed E-state index contributed by atoms with van der Waals surface area (Å²) >= 11 is 0. The highest BCUT2D eigenvalue weighted by Gasteiger charge is 1.92. The Kier molecular flexibility index (Phi) is 20.9. The molecule has 0 amide bonds. The second kappa shape index (κ2) is 13.1. The van der Waals surface area contributed by atoms with Gasteiger partial charge in [-0.2, -0.15) is 0 Å². The molecule has 1 atom stereocenters. The normalized spacial score (nSPS) is 11.2. The van der Waals surface area contributed by atoms with Crippen molar-refractivity contribution in [3.8, 4) is 0 Å². The van der Waals surface area contributed by atoms with Crippen LogP contribution in [0.3, 0.4) is 0 Å². The van der Waals surface area contributed by atoms with Crippen LogP contribution >= 0.6 is 24.8 Å². The Hall–Kier alpha value is 0.500. The summed E-state index contributed by atoms with van der Waals surface area (Å²) in [5, 5.41) is 12.0. The van der Waals surface area contributed by atoms with Gasteiger partial charge in [0, 0.05) is 0 Å². The van der Waals surface area contributed by atoms with Crippen molar-refractivity contribution in [1.82, 2.24) is 5.32 Å². The van der Waals surface area contributed by atoms with Gasteiger partial charge in [0.15, 0.2) is 0 Å². The van der Waals surface area contributed by atoms with Crippen molar-refractivity contribution in [2.45, 2.75) is 32.8 Å². The summed E-state index contributed by atoms with van der Waals surface area (Å²) in [6, 6.07) is 0. The second-order valence-electron chi connectivity index (χ2n) is 2.39. The highest BCUT2D eigenvalue weighted by atomic mass is 35.5. The zero-order chi connectivity index (χ0) is 7.11. The van der Waals surface area contributed by atoms with Crippen molar-refractivity contribution in [3.63, 3.8) is 0 Å². The van der Waals surface area contributed by atoms with E-state index in [1.165, 1.54) is 6.42 Å².